The number of amides is 1. The van der Waals surface area contributed by atoms with Gasteiger partial charge in [0.1, 0.15) is 11.3 Å². The predicted octanol–water partition coefficient (Wildman–Crippen LogP) is 4.28. The summed E-state index contributed by atoms with van der Waals surface area (Å²) < 4.78 is 20.3. The van der Waals surface area contributed by atoms with Gasteiger partial charge in [0.05, 0.1) is 17.9 Å². The molecule has 1 aliphatic rings. The number of anilines is 1. The minimum atomic E-state index is -0.352. The van der Waals surface area contributed by atoms with E-state index in [0.717, 1.165) is 29.2 Å². The van der Waals surface area contributed by atoms with Gasteiger partial charge in [-0.25, -0.2) is 9.37 Å². The van der Waals surface area contributed by atoms with Crippen LogP contribution in [0.25, 0.3) is 10.2 Å². The standard InChI is InChI=1S/C22H24FN3O2S2/c23-18-7-4-8-19-21(18)24-22(30-19)26(11-10-25-12-14-28-15-13-25)20(27)9-16-29-17-5-2-1-3-6-17/h1-8H,9-16H2. The van der Waals surface area contributed by atoms with Crippen LogP contribution in [-0.4, -0.2) is 60.9 Å². The van der Waals surface area contributed by atoms with Gasteiger partial charge in [0.2, 0.25) is 5.91 Å². The molecule has 1 amide bonds. The van der Waals surface area contributed by atoms with Gasteiger partial charge in [0.25, 0.3) is 0 Å². The van der Waals surface area contributed by atoms with Crippen molar-refractivity contribution in [2.24, 2.45) is 0 Å². The third-order valence-electron chi connectivity index (χ3n) is 4.96. The van der Waals surface area contributed by atoms with Crippen molar-refractivity contribution < 1.29 is 13.9 Å². The van der Waals surface area contributed by atoms with E-state index < -0.39 is 0 Å². The molecule has 3 aromatic rings. The summed E-state index contributed by atoms with van der Waals surface area (Å²) in [5, 5.41) is 0.568. The molecule has 1 saturated heterocycles. The van der Waals surface area contributed by atoms with Crippen LogP contribution in [0.1, 0.15) is 6.42 Å². The average Bonchev–Trinajstić information content (AvgIpc) is 3.21. The summed E-state index contributed by atoms with van der Waals surface area (Å²) in [5.74, 6) is 0.359. The zero-order chi connectivity index (χ0) is 20.8. The monoisotopic (exact) mass is 445 g/mol. The van der Waals surface area contributed by atoms with Crippen molar-refractivity contribution in [3.63, 3.8) is 0 Å². The quantitative estimate of drug-likeness (QED) is 0.484. The highest BCUT2D eigenvalue weighted by Gasteiger charge is 2.22. The van der Waals surface area contributed by atoms with Crippen molar-refractivity contribution in [2.45, 2.75) is 11.3 Å². The molecule has 0 radical (unpaired) electrons. The fraction of sp³-hybridized carbons (Fsp3) is 0.364. The van der Waals surface area contributed by atoms with Crippen molar-refractivity contribution in [1.29, 1.82) is 0 Å². The van der Waals surface area contributed by atoms with Crippen LogP contribution >= 0.6 is 23.1 Å². The van der Waals surface area contributed by atoms with Crippen LogP contribution in [0.15, 0.2) is 53.4 Å². The molecule has 0 aliphatic carbocycles. The number of hydrogen-bond donors (Lipinski definition) is 0. The zero-order valence-electron chi connectivity index (χ0n) is 16.6. The van der Waals surface area contributed by atoms with Crippen molar-refractivity contribution in [2.75, 3.05) is 50.0 Å². The molecule has 4 rings (SSSR count). The second-order valence-corrected chi connectivity index (χ2v) is 9.17. The summed E-state index contributed by atoms with van der Waals surface area (Å²) >= 11 is 3.03. The van der Waals surface area contributed by atoms with E-state index in [9.17, 15) is 9.18 Å². The summed E-state index contributed by atoms with van der Waals surface area (Å²) in [6.07, 6.45) is 0.404. The minimum absolute atomic E-state index is 0.0196. The van der Waals surface area contributed by atoms with Crippen LogP contribution in [0, 0.1) is 5.82 Å². The Kier molecular flexibility index (Phi) is 7.33. The molecule has 1 aliphatic heterocycles. The molecule has 1 fully saturated rings. The maximum Gasteiger partial charge on any atom is 0.229 e. The Balaban J connectivity index is 1.46. The van der Waals surface area contributed by atoms with Gasteiger partial charge in [-0.05, 0) is 24.3 Å². The molecular weight excluding hydrogens is 421 g/mol. The maximum absolute atomic E-state index is 14.1. The number of aromatic nitrogens is 1. The summed E-state index contributed by atoms with van der Waals surface area (Å²) in [6, 6.07) is 15.0. The molecule has 158 valence electrons. The van der Waals surface area contributed by atoms with Gasteiger partial charge < -0.3 is 4.74 Å². The Morgan fingerprint density at radius 2 is 1.97 bits per heavy atom. The van der Waals surface area contributed by atoms with Crippen molar-refractivity contribution >= 4 is 44.4 Å². The number of hydrogen-bond acceptors (Lipinski definition) is 6. The van der Waals surface area contributed by atoms with Crippen LogP contribution in [0.3, 0.4) is 0 Å². The molecule has 30 heavy (non-hydrogen) atoms. The van der Waals surface area contributed by atoms with E-state index >= 15 is 0 Å². The number of thiazole rings is 1. The third-order valence-corrected chi connectivity index (χ3v) is 7.02. The van der Waals surface area contributed by atoms with Crippen molar-refractivity contribution in [3.05, 3.63) is 54.3 Å². The van der Waals surface area contributed by atoms with E-state index in [0.29, 0.717) is 42.6 Å². The molecule has 0 spiro atoms. The van der Waals surface area contributed by atoms with Crippen LogP contribution in [0.5, 0.6) is 0 Å². The first-order valence-electron chi connectivity index (χ1n) is 10.0. The smallest absolute Gasteiger partial charge is 0.229 e. The molecule has 8 heteroatoms. The summed E-state index contributed by atoms with van der Waals surface area (Å²) in [4.78, 5) is 22.7. The fourth-order valence-electron chi connectivity index (χ4n) is 3.32. The Morgan fingerprint density at radius 1 is 1.17 bits per heavy atom. The lowest BCUT2D eigenvalue weighted by atomic mass is 10.3. The molecular formula is C22H24FN3O2S2. The van der Waals surface area contributed by atoms with E-state index in [4.69, 9.17) is 4.74 Å². The van der Waals surface area contributed by atoms with Gasteiger partial charge >= 0.3 is 0 Å². The first-order chi connectivity index (χ1) is 14.7. The van der Waals surface area contributed by atoms with E-state index in [1.807, 2.05) is 36.4 Å². The SMILES string of the molecule is O=C(CCSc1ccccc1)N(CCN1CCOCC1)c1nc2c(F)cccc2s1. The zero-order valence-corrected chi connectivity index (χ0v) is 18.3. The number of nitrogens with zero attached hydrogens (tertiary/aromatic N) is 3. The Labute approximate surface area is 183 Å². The topological polar surface area (TPSA) is 45.7 Å². The number of ether oxygens (including phenoxy) is 1. The maximum atomic E-state index is 14.1. The Bertz CT molecular complexity index is 977. The number of fused-ring (bicyclic) bond motifs is 1. The number of thioether (sulfide) groups is 1. The van der Waals surface area contributed by atoms with E-state index in [1.54, 1.807) is 22.7 Å². The van der Waals surface area contributed by atoms with E-state index in [1.165, 1.54) is 17.4 Å². The molecule has 0 bridgehead atoms. The first-order valence-corrected chi connectivity index (χ1v) is 11.8. The van der Waals surface area contributed by atoms with Gasteiger partial charge in [0, 0.05) is 43.2 Å². The molecule has 1 aromatic heterocycles. The Morgan fingerprint density at radius 3 is 2.73 bits per heavy atom. The Hall–Kier alpha value is -2.00. The number of morpholine rings is 1. The summed E-state index contributed by atoms with van der Waals surface area (Å²) in [7, 11) is 0. The molecule has 2 heterocycles. The number of carbonyl (C=O) groups is 1. The minimum Gasteiger partial charge on any atom is -0.379 e. The number of benzene rings is 2. The lowest BCUT2D eigenvalue weighted by Gasteiger charge is -2.29. The van der Waals surface area contributed by atoms with Gasteiger partial charge in [-0.1, -0.05) is 35.6 Å². The number of halogens is 1. The fourth-order valence-corrected chi connectivity index (χ4v) is 5.21. The number of para-hydroxylation sites is 1. The van der Waals surface area contributed by atoms with Crippen molar-refractivity contribution in [1.82, 2.24) is 9.88 Å². The summed E-state index contributed by atoms with van der Waals surface area (Å²) in [5.41, 5.74) is 0.334. The third kappa shape index (κ3) is 5.37. The molecule has 0 unspecified atom stereocenters. The highest BCUT2D eigenvalue weighted by Crippen LogP contribution is 2.31. The van der Waals surface area contributed by atoms with Crippen LogP contribution in [-0.2, 0) is 9.53 Å². The molecule has 2 aromatic carbocycles. The highest BCUT2D eigenvalue weighted by molar-refractivity contribution is 7.99. The van der Waals surface area contributed by atoms with E-state index in [2.05, 4.69) is 9.88 Å². The second kappa shape index (κ2) is 10.3. The predicted molar refractivity (Wildman–Crippen MR) is 121 cm³/mol. The van der Waals surface area contributed by atoms with Crippen LogP contribution in [0.4, 0.5) is 9.52 Å². The van der Waals surface area contributed by atoms with Crippen LogP contribution < -0.4 is 4.90 Å². The molecule has 5 nitrogen and oxygen atoms in total. The lowest BCUT2D eigenvalue weighted by molar-refractivity contribution is -0.118. The number of carbonyl (C=O) groups excluding carboxylic acids is 1. The average molecular weight is 446 g/mol. The van der Waals surface area contributed by atoms with E-state index in [-0.39, 0.29) is 11.7 Å². The molecule has 0 atom stereocenters. The largest absolute Gasteiger partial charge is 0.379 e. The first kappa shape index (κ1) is 21.2. The molecule has 0 saturated carbocycles. The highest BCUT2D eigenvalue weighted by atomic mass is 32.2. The van der Waals surface area contributed by atoms with Gasteiger partial charge in [-0.3, -0.25) is 14.6 Å². The number of rotatable bonds is 8. The van der Waals surface area contributed by atoms with Crippen LogP contribution in [0.2, 0.25) is 0 Å². The normalized spacial score (nSPS) is 14.8. The summed E-state index contributed by atoms with van der Waals surface area (Å²) in [6.45, 7) is 4.44. The second-order valence-electron chi connectivity index (χ2n) is 6.99. The molecule has 0 N–H and O–H groups in total. The van der Waals surface area contributed by atoms with Gasteiger partial charge in [-0.15, -0.1) is 11.8 Å². The van der Waals surface area contributed by atoms with Gasteiger partial charge in [-0.2, -0.15) is 0 Å². The van der Waals surface area contributed by atoms with Crippen molar-refractivity contribution in [3.8, 4) is 0 Å². The lowest BCUT2D eigenvalue weighted by Crippen LogP contribution is -2.43. The van der Waals surface area contributed by atoms with Gasteiger partial charge in [0.15, 0.2) is 5.13 Å².